The summed E-state index contributed by atoms with van der Waals surface area (Å²) in [7, 11) is 0. The van der Waals surface area contributed by atoms with Crippen molar-refractivity contribution in [3.63, 3.8) is 0 Å². The van der Waals surface area contributed by atoms with Crippen molar-refractivity contribution in [1.29, 1.82) is 0 Å². The number of benzene rings is 1. The molecule has 2 atom stereocenters. The average Bonchev–Trinajstić information content (AvgIpc) is 2.44. The quantitative estimate of drug-likeness (QED) is 0.790. The van der Waals surface area contributed by atoms with Gasteiger partial charge in [0.15, 0.2) is 0 Å². The van der Waals surface area contributed by atoms with Crippen LogP contribution < -0.4 is 5.32 Å². The summed E-state index contributed by atoms with van der Waals surface area (Å²) in [6.07, 6.45) is 2.51. The van der Waals surface area contributed by atoms with E-state index in [0.29, 0.717) is 17.4 Å². The molecule has 0 heterocycles. The summed E-state index contributed by atoms with van der Waals surface area (Å²) in [5, 5.41) is 4.44. The molecule has 0 radical (unpaired) electrons. The smallest absolute Gasteiger partial charge is 0.0640 e. The van der Waals surface area contributed by atoms with Gasteiger partial charge in [-0.1, -0.05) is 38.4 Å². The zero-order valence-electron chi connectivity index (χ0n) is 11.2. The van der Waals surface area contributed by atoms with Crippen LogP contribution in [-0.2, 0) is 0 Å². The number of nitrogens with one attached hydrogen (secondary N) is 1. The Morgan fingerprint density at radius 1 is 1.29 bits per heavy atom. The summed E-state index contributed by atoms with van der Waals surface area (Å²) in [4.78, 5) is 0. The number of hydrogen-bond donors (Lipinski definition) is 1. The number of rotatable bonds is 2. The Bertz CT molecular complexity index is 411. The largest absolute Gasteiger partial charge is 0.381 e. The van der Waals surface area contributed by atoms with Gasteiger partial charge in [-0.3, -0.25) is 0 Å². The highest BCUT2D eigenvalue weighted by Gasteiger charge is 2.36. The predicted octanol–water partition coefficient (Wildman–Crippen LogP) is 4.89. The normalized spacial score (nSPS) is 27.1. The van der Waals surface area contributed by atoms with Gasteiger partial charge in [-0.2, -0.15) is 0 Å². The van der Waals surface area contributed by atoms with Gasteiger partial charge in [0.25, 0.3) is 0 Å². The molecule has 2 unspecified atom stereocenters. The van der Waals surface area contributed by atoms with Crippen molar-refractivity contribution >= 4 is 17.3 Å². The van der Waals surface area contributed by atoms with Crippen LogP contribution in [-0.4, -0.2) is 6.04 Å². The van der Waals surface area contributed by atoms with E-state index in [0.717, 1.165) is 10.7 Å². The predicted molar refractivity (Wildman–Crippen MR) is 75.8 cm³/mol. The molecule has 1 aromatic rings. The lowest BCUT2D eigenvalue weighted by Gasteiger charge is -2.20. The van der Waals surface area contributed by atoms with Crippen molar-refractivity contribution in [3.05, 3.63) is 28.8 Å². The van der Waals surface area contributed by atoms with Crippen LogP contribution in [0.3, 0.4) is 0 Å². The molecular formula is C15H22ClN. The molecule has 2 heteroatoms. The van der Waals surface area contributed by atoms with E-state index in [9.17, 15) is 0 Å². The fourth-order valence-corrected chi connectivity index (χ4v) is 3.31. The minimum absolute atomic E-state index is 0.453. The zero-order valence-corrected chi connectivity index (χ0v) is 11.9. The van der Waals surface area contributed by atoms with Crippen LogP contribution in [0.15, 0.2) is 18.2 Å². The highest BCUT2D eigenvalue weighted by Crippen LogP contribution is 2.42. The van der Waals surface area contributed by atoms with Gasteiger partial charge in [0.1, 0.15) is 0 Å². The fraction of sp³-hybridized carbons (Fsp3) is 0.600. The maximum atomic E-state index is 6.26. The van der Waals surface area contributed by atoms with Crippen molar-refractivity contribution in [2.45, 2.75) is 46.6 Å². The van der Waals surface area contributed by atoms with Gasteiger partial charge >= 0.3 is 0 Å². The monoisotopic (exact) mass is 251 g/mol. The molecule has 1 fully saturated rings. The lowest BCUT2D eigenvalue weighted by Crippen LogP contribution is -2.22. The topological polar surface area (TPSA) is 12.0 Å². The first-order valence-electron chi connectivity index (χ1n) is 6.40. The average molecular weight is 252 g/mol. The van der Waals surface area contributed by atoms with E-state index in [4.69, 9.17) is 11.6 Å². The first kappa shape index (κ1) is 12.8. The summed E-state index contributed by atoms with van der Waals surface area (Å²) >= 11 is 6.26. The Morgan fingerprint density at radius 2 is 2.00 bits per heavy atom. The van der Waals surface area contributed by atoms with Gasteiger partial charge in [-0.05, 0) is 48.8 Å². The number of anilines is 1. The second-order valence-electron chi connectivity index (χ2n) is 6.28. The van der Waals surface area contributed by atoms with Gasteiger partial charge in [0, 0.05) is 6.04 Å². The van der Waals surface area contributed by atoms with Crippen molar-refractivity contribution in [2.24, 2.45) is 11.3 Å². The third kappa shape index (κ3) is 2.95. The molecule has 0 spiro atoms. The third-order valence-electron chi connectivity index (χ3n) is 3.80. The summed E-state index contributed by atoms with van der Waals surface area (Å²) in [6.45, 7) is 9.09. The van der Waals surface area contributed by atoms with E-state index in [1.807, 2.05) is 6.07 Å². The Balaban J connectivity index is 2.11. The molecule has 1 N–H and O–H groups in total. The van der Waals surface area contributed by atoms with Crippen molar-refractivity contribution < 1.29 is 0 Å². The summed E-state index contributed by atoms with van der Waals surface area (Å²) < 4.78 is 0. The second kappa shape index (κ2) is 4.53. The number of hydrogen-bond acceptors (Lipinski definition) is 1. The van der Waals surface area contributed by atoms with Crippen molar-refractivity contribution in [3.8, 4) is 0 Å². The van der Waals surface area contributed by atoms with Crippen molar-refractivity contribution in [2.75, 3.05) is 5.32 Å². The standard InChI is InChI=1S/C15H22ClN/c1-10-5-6-13(12(16)7-10)17-14-9-15(3,4)8-11(14)2/h5-7,11,14,17H,8-9H2,1-4H3. The van der Waals surface area contributed by atoms with Crippen LogP contribution >= 0.6 is 11.6 Å². The Kier molecular flexibility index (Phi) is 3.40. The molecule has 0 amide bonds. The zero-order chi connectivity index (χ0) is 12.6. The molecular weight excluding hydrogens is 230 g/mol. The summed E-state index contributed by atoms with van der Waals surface area (Å²) in [6, 6.07) is 6.77. The van der Waals surface area contributed by atoms with Gasteiger partial charge in [-0.15, -0.1) is 0 Å². The highest BCUT2D eigenvalue weighted by molar-refractivity contribution is 6.33. The fourth-order valence-electron chi connectivity index (χ4n) is 3.02. The SMILES string of the molecule is Cc1ccc(NC2CC(C)(C)CC2C)c(Cl)c1. The maximum absolute atomic E-state index is 6.26. The number of aryl methyl sites for hydroxylation is 1. The van der Waals surface area contributed by atoms with E-state index in [-0.39, 0.29) is 0 Å². The van der Waals surface area contributed by atoms with Crippen LogP contribution in [0.25, 0.3) is 0 Å². The second-order valence-corrected chi connectivity index (χ2v) is 6.69. The number of halogens is 1. The molecule has 1 aliphatic carbocycles. The molecule has 0 aromatic heterocycles. The van der Waals surface area contributed by atoms with Crippen LogP contribution in [0.2, 0.25) is 5.02 Å². The molecule has 1 nitrogen and oxygen atoms in total. The summed E-state index contributed by atoms with van der Waals surface area (Å²) in [5.74, 6) is 0.711. The molecule has 2 rings (SSSR count). The van der Waals surface area contributed by atoms with Gasteiger partial charge in [0.2, 0.25) is 0 Å². The minimum Gasteiger partial charge on any atom is -0.381 e. The van der Waals surface area contributed by atoms with E-state index in [1.54, 1.807) is 0 Å². The first-order chi connectivity index (χ1) is 7.87. The van der Waals surface area contributed by atoms with E-state index >= 15 is 0 Å². The third-order valence-corrected chi connectivity index (χ3v) is 4.11. The van der Waals surface area contributed by atoms with Gasteiger partial charge < -0.3 is 5.32 Å². The van der Waals surface area contributed by atoms with Gasteiger partial charge in [-0.25, -0.2) is 0 Å². The Hall–Kier alpha value is -0.690. The van der Waals surface area contributed by atoms with Crippen LogP contribution in [0, 0.1) is 18.3 Å². The minimum atomic E-state index is 0.453. The van der Waals surface area contributed by atoms with Crippen LogP contribution in [0.1, 0.15) is 39.2 Å². The van der Waals surface area contributed by atoms with Crippen molar-refractivity contribution in [1.82, 2.24) is 0 Å². The first-order valence-corrected chi connectivity index (χ1v) is 6.78. The summed E-state index contributed by atoms with van der Waals surface area (Å²) in [5.41, 5.74) is 2.74. The molecule has 1 saturated carbocycles. The Morgan fingerprint density at radius 3 is 2.53 bits per heavy atom. The molecule has 0 saturated heterocycles. The molecule has 1 aromatic carbocycles. The molecule has 1 aliphatic rings. The Labute approximate surface area is 110 Å². The molecule has 17 heavy (non-hydrogen) atoms. The molecule has 0 bridgehead atoms. The van der Waals surface area contributed by atoms with Crippen LogP contribution in [0.4, 0.5) is 5.69 Å². The maximum Gasteiger partial charge on any atom is 0.0640 e. The lowest BCUT2D eigenvalue weighted by molar-refractivity contribution is 0.366. The lowest BCUT2D eigenvalue weighted by atomic mass is 9.91. The van der Waals surface area contributed by atoms with Gasteiger partial charge in [0.05, 0.1) is 10.7 Å². The van der Waals surface area contributed by atoms with E-state index < -0.39 is 0 Å². The van der Waals surface area contributed by atoms with E-state index in [1.165, 1.54) is 18.4 Å². The highest BCUT2D eigenvalue weighted by atomic mass is 35.5. The van der Waals surface area contributed by atoms with Crippen LogP contribution in [0.5, 0.6) is 0 Å². The molecule has 94 valence electrons. The van der Waals surface area contributed by atoms with E-state index in [2.05, 4.69) is 45.1 Å². The molecule has 0 aliphatic heterocycles.